The Morgan fingerprint density at radius 3 is 2.23 bits per heavy atom. The van der Waals surface area contributed by atoms with Crippen molar-refractivity contribution in [1.29, 1.82) is 0 Å². The predicted octanol–water partition coefficient (Wildman–Crippen LogP) is 3.74. The topological polar surface area (TPSA) is 77.2 Å². The van der Waals surface area contributed by atoms with E-state index in [0.717, 1.165) is 16.9 Å². The van der Waals surface area contributed by atoms with Gasteiger partial charge in [-0.3, -0.25) is 9.78 Å². The van der Waals surface area contributed by atoms with E-state index in [-0.39, 0.29) is 0 Å². The van der Waals surface area contributed by atoms with Crippen LogP contribution in [0.3, 0.4) is 0 Å². The molecule has 0 saturated carbocycles. The Balaban J connectivity index is 1.76. The number of carbonyl (C=O) groups excluding carboxylic acids is 1. The second kappa shape index (κ2) is 7.80. The third kappa shape index (κ3) is 4.07. The molecule has 0 aliphatic carbocycles. The van der Waals surface area contributed by atoms with Gasteiger partial charge in [-0.1, -0.05) is 42.5 Å². The maximum absolute atomic E-state index is 12.1. The molecule has 0 bridgehead atoms. The van der Waals surface area contributed by atoms with Gasteiger partial charge in [-0.25, -0.2) is 0 Å². The Labute approximate surface area is 152 Å². The molecule has 1 heterocycles. The highest BCUT2D eigenvalue weighted by Gasteiger charge is 2.34. The number of pyridine rings is 1. The van der Waals surface area contributed by atoms with Crippen molar-refractivity contribution in [3.05, 3.63) is 90.3 Å². The van der Waals surface area contributed by atoms with Crippen molar-refractivity contribution in [2.24, 2.45) is 5.73 Å². The molecule has 0 radical (unpaired) electrons. The molecule has 1 amide bonds. The van der Waals surface area contributed by atoms with Gasteiger partial charge in [0, 0.05) is 23.8 Å². The van der Waals surface area contributed by atoms with Crippen LogP contribution in [-0.2, 0) is 21.7 Å². The number of nitrogens with zero attached hydrogens (tertiary/aromatic N) is 1. The zero-order valence-corrected chi connectivity index (χ0v) is 14.6. The molecule has 3 N–H and O–H groups in total. The van der Waals surface area contributed by atoms with E-state index >= 15 is 0 Å². The van der Waals surface area contributed by atoms with Crippen molar-refractivity contribution >= 4 is 17.3 Å². The number of nitrogens with one attached hydrogen (secondary N) is 1. The molecule has 1 atom stereocenters. The Morgan fingerprint density at radius 1 is 1.00 bits per heavy atom. The molecule has 1 aromatic heterocycles. The van der Waals surface area contributed by atoms with E-state index in [0.29, 0.717) is 12.2 Å². The van der Waals surface area contributed by atoms with Crippen LogP contribution in [0, 0.1) is 0 Å². The molecule has 5 heteroatoms. The van der Waals surface area contributed by atoms with E-state index in [1.54, 1.807) is 19.3 Å². The summed E-state index contributed by atoms with van der Waals surface area (Å²) < 4.78 is 5.92. The standard InChI is InChI=1S/C21H21N3O2/c1-21(20(22)25,26-15-16-5-3-2-4-6-16)17-7-9-18(10-8-17)24-19-11-13-23-14-12-19/h2-14H,15H2,1H3,(H2,22,25)(H,23,24). The largest absolute Gasteiger partial charge is 0.367 e. The zero-order chi connectivity index (χ0) is 18.4. The number of carbonyl (C=O) groups is 1. The highest BCUT2D eigenvalue weighted by atomic mass is 16.5. The summed E-state index contributed by atoms with van der Waals surface area (Å²) in [5, 5.41) is 3.27. The number of primary amides is 1. The summed E-state index contributed by atoms with van der Waals surface area (Å²) >= 11 is 0. The lowest BCUT2D eigenvalue weighted by molar-refractivity contribution is -0.144. The first-order valence-corrected chi connectivity index (χ1v) is 8.33. The molecule has 0 aliphatic heterocycles. The van der Waals surface area contributed by atoms with E-state index in [9.17, 15) is 4.79 Å². The summed E-state index contributed by atoms with van der Waals surface area (Å²) in [4.78, 5) is 16.1. The molecule has 3 rings (SSSR count). The third-order valence-electron chi connectivity index (χ3n) is 4.25. The fraction of sp³-hybridized carbons (Fsp3) is 0.143. The fourth-order valence-corrected chi connectivity index (χ4v) is 2.57. The molecule has 26 heavy (non-hydrogen) atoms. The van der Waals surface area contributed by atoms with Crippen LogP contribution in [0.5, 0.6) is 0 Å². The molecule has 0 fully saturated rings. The van der Waals surface area contributed by atoms with Gasteiger partial charge in [0.15, 0.2) is 5.60 Å². The summed E-state index contributed by atoms with van der Waals surface area (Å²) in [5.41, 5.74) is 7.96. The minimum Gasteiger partial charge on any atom is -0.367 e. The molecule has 2 aromatic carbocycles. The molecule has 0 spiro atoms. The molecular weight excluding hydrogens is 326 g/mol. The second-order valence-corrected chi connectivity index (χ2v) is 6.11. The number of nitrogens with two attached hydrogens (primary N) is 1. The molecule has 1 unspecified atom stereocenters. The van der Waals surface area contributed by atoms with Crippen LogP contribution in [0.1, 0.15) is 18.1 Å². The quantitative estimate of drug-likeness (QED) is 0.682. The number of hydrogen-bond donors (Lipinski definition) is 2. The number of hydrogen-bond acceptors (Lipinski definition) is 4. The van der Waals surface area contributed by atoms with Gasteiger partial charge in [-0.15, -0.1) is 0 Å². The van der Waals surface area contributed by atoms with Crippen molar-refractivity contribution < 1.29 is 9.53 Å². The van der Waals surface area contributed by atoms with Crippen molar-refractivity contribution in [1.82, 2.24) is 4.98 Å². The minimum absolute atomic E-state index is 0.303. The van der Waals surface area contributed by atoms with Crippen LogP contribution in [0.25, 0.3) is 0 Å². The minimum atomic E-state index is -1.20. The summed E-state index contributed by atoms with van der Waals surface area (Å²) in [6.45, 7) is 2.00. The summed E-state index contributed by atoms with van der Waals surface area (Å²) in [6, 6.07) is 20.9. The van der Waals surface area contributed by atoms with Gasteiger partial charge in [0.2, 0.25) is 0 Å². The lowest BCUT2D eigenvalue weighted by atomic mass is 9.94. The molecule has 132 valence electrons. The van der Waals surface area contributed by atoms with E-state index in [1.165, 1.54) is 0 Å². The van der Waals surface area contributed by atoms with E-state index in [1.807, 2.05) is 66.7 Å². The van der Waals surface area contributed by atoms with Gasteiger partial charge in [0.05, 0.1) is 6.61 Å². The van der Waals surface area contributed by atoms with Crippen LogP contribution < -0.4 is 11.1 Å². The lowest BCUT2D eigenvalue weighted by Crippen LogP contribution is -2.40. The molecular formula is C21H21N3O2. The normalized spacial score (nSPS) is 13.0. The number of aromatic nitrogens is 1. The Morgan fingerprint density at radius 2 is 1.62 bits per heavy atom. The number of anilines is 2. The smallest absolute Gasteiger partial charge is 0.254 e. The van der Waals surface area contributed by atoms with Gasteiger partial charge in [0.25, 0.3) is 5.91 Å². The van der Waals surface area contributed by atoms with Crippen molar-refractivity contribution in [3.8, 4) is 0 Å². The lowest BCUT2D eigenvalue weighted by Gasteiger charge is -2.27. The van der Waals surface area contributed by atoms with Gasteiger partial charge in [0.1, 0.15) is 0 Å². The first-order chi connectivity index (χ1) is 12.6. The van der Waals surface area contributed by atoms with Crippen molar-refractivity contribution in [3.63, 3.8) is 0 Å². The van der Waals surface area contributed by atoms with E-state index < -0.39 is 11.5 Å². The third-order valence-corrected chi connectivity index (χ3v) is 4.25. The maximum atomic E-state index is 12.1. The Bertz CT molecular complexity index is 851. The van der Waals surface area contributed by atoms with Gasteiger partial charge < -0.3 is 15.8 Å². The predicted molar refractivity (Wildman–Crippen MR) is 102 cm³/mol. The fourth-order valence-electron chi connectivity index (χ4n) is 2.57. The van der Waals surface area contributed by atoms with Crippen LogP contribution >= 0.6 is 0 Å². The van der Waals surface area contributed by atoms with Gasteiger partial charge in [-0.2, -0.15) is 0 Å². The first-order valence-electron chi connectivity index (χ1n) is 8.33. The number of rotatable bonds is 7. The summed E-state index contributed by atoms with van der Waals surface area (Å²) in [7, 11) is 0. The molecule has 0 saturated heterocycles. The average Bonchev–Trinajstić information content (AvgIpc) is 2.68. The van der Waals surface area contributed by atoms with Crippen LogP contribution in [0.15, 0.2) is 79.1 Å². The number of benzene rings is 2. The highest BCUT2D eigenvalue weighted by Crippen LogP contribution is 2.28. The van der Waals surface area contributed by atoms with Crippen LogP contribution in [-0.4, -0.2) is 10.9 Å². The molecule has 5 nitrogen and oxygen atoms in total. The monoisotopic (exact) mass is 347 g/mol. The van der Waals surface area contributed by atoms with Gasteiger partial charge in [-0.05, 0) is 42.3 Å². The Hall–Kier alpha value is -3.18. The van der Waals surface area contributed by atoms with E-state index in [4.69, 9.17) is 10.5 Å². The SMILES string of the molecule is CC(OCc1ccccc1)(C(N)=O)c1ccc(Nc2ccncc2)cc1. The Kier molecular flexibility index (Phi) is 5.29. The number of amides is 1. The average molecular weight is 347 g/mol. The second-order valence-electron chi connectivity index (χ2n) is 6.11. The van der Waals surface area contributed by atoms with Crippen LogP contribution in [0.2, 0.25) is 0 Å². The number of ether oxygens (including phenoxy) is 1. The van der Waals surface area contributed by atoms with Gasteiger partial charge >= 0.3 is 0 Å². The highest BCUT2D eigenvalue weighted by molar-refractivity contribution is 5.84. The summed E-state index contributed by atoms with van der Waals surface area (Å²) in [5.74, 6) is -0.525. The zero-order valence-electron chi connectivity index (χ0n) is 14.6. The maximum Gasteiger partial charge on any atom is 0.254 e. The van der Waals surface area contributed by atoms with Crippen LogP contribution in [0.4, 0.5) is 11.4 Å². The molecule has 0 aliphatic rings. The summed E-state index contributed by atoms with van der Waals surface area (Å²) in [6.07, 6.45) is 3.44. The van der Waals surface area contributed by atoms with Crippen molar-refractivity contribution in [2.45, 2.75) is 19.1 Å². The molecule has 3 aromatic rings. The van der Waals surface area contributed by atoms with E-state index in [2.05, 4.69) is 10.3 Å². The first kappa shape index (κ1) is 17.6. The van der Waals surface area contributed by atoms with Crippen molar-refractivity contribution in [2.75, 3.05) is 5.32 Å².